The lowest BCUT2D eigenvalue weighted by atomic mass is 9.80. The van der Waals surface area contributed by atoms with Gasteiger partial charge in [-0.2, -0.15) is 0 Å². The monoisotopic (exact) mass is 389 g/mol. The van der Waals surface area contributed by atoms with Crippen molar-refractivity contribution in [2.45, 2.75) is 77.7 Å². The molecule has 2 aliphatic rings. The first-order valence-electron chi connectivity index (χ1n) is 11.6. The Morgan fingerprint density at radius 1 is 0.966 bits per heavy atom. The lowest BCUT2D eigenvalue weighted by molar-refractivity contribution is 0.0912. The zero-order chi connectivity index (χ0) is 20.2. The molecule has 0 spiro atoms. The van der Waals surface area contributed by atoms with Crippen molar-refractivity contribution >= 4 is 5.91 Å². The maximum absolute atomic E-state index is 13.1. The summed E-state index contributed by atoms with van der Waals surface area (Å²) in [5.41, 5.74) is 5.76. The molecular weight excluding hydrogens is 354 g/mol. The minimum atomic E-state index is 0.0656. The molecule has 154 valence electrons. The molecule has 0 bridgehead atoms. The molecule has 0 saturated heterocycles. The predicted octanol–water partition coefficient (Wildman–Crippen LogP) is 6.70. The van der Waals surface area contributed by atoms with E-state index in [1.165, 1.54) is 74.5 Å². The van der Waals surface area contributed by atoms with Crippen LogP contribution in [0.4, 0.5) is 0 Å². The number of benzene rings is 2. The molecule has 0 heterocycles. The minimum absolute atomic E-state index is 0.0656. The Morgan fingerprint density at radius 3 is 2.34 bits per heavy atom. The van der Waals surface area contributed by atoms with Crippen molar-refractivity contribution in [2.75, 3.05) is 0 Å². The number of aryl methyl sites for hydroxylation is 3. The van der Waals surface area contributed by atoms with Crippen LogP contribution in [-0.4, -0.2) is 5.91 Å². The zero-order valence-electron chi connectivity index (χ0n) is 18.0. The maximum atomic E-state index is 13.1. The van der Waals surface area contributed by atoms with Crippen LogP contribution in [0.3, 0.4) is 0 Å². The average Bonchev–Trinajstić information content (AvgIpc) is 3.56. The molecular formula is C27H35NO. The van der Waals surface area contributed by atoms with Crippen LogP contribution in [-0.2, 0) is 6.42 Å². The summed E-state index contributed by atoms with van der Waals surface area (Å²) in [7, 11) is 0. The SMILES string of the molecule is Cc1ccc(C(=O)N[C@@H](c2ccc(CCC3CC3)cc2)C2CCCCC2)c(C)c1. The van der Waals surface area contributed by atoms with Gasteiger partial charge in [-0.25, -0.2) is 0 Å². The first kappa shape index (κ1) is 20.2. The number of hydrogen-bond acceptors (Lipinski definition) is 1. The Bertz CT molecular complexity index is 828. The largest absolute Gasteiger partial charge is 0.345 e. The number of nitrogens with one attached hydrogen (secondary N) is 1. The smallest absolute Gasteiger partial charge is 0.252 e. The van der Waals surface area contributed by atoms with E-state index in [9.17, 15) is 4.79 Å². The fourth-order valence-corrected chi connectivity index (χ4v) is 4.90. The molecule has 0 aromatic heterocycles. The third-order valence-corrected chi connectivity index (χ3v) is 6.91. The van der Waals surface area contributed by atoms with Crippen molar-refractivity contribution in [3.63, 3.8) is 0 Å². The van der Waals surface area contributed by atoms with Gasteiger partial charge in [0.05, 0.1) is 6.04 Å². The van der Waals surface area contributed by atoms with Gasteiger partial charge in [0, 0.05) is 5.56 Å². The number of hydrogen-bond donors (Lipinski definition) is 1. The summed E-state index contributed by atoms with van der Waals surface area (Å²) in [6.45, 7) is 4.11. The van der Waals surface area contributed by atoms with Gasteiger partial charge in [0.2, 0.25) is 0 Å². The van der Waals surface area contributed by atoms with Crippen molar-refractivity contribution in [1.29, 1.82) is 0 Å². The van der Waals surface area contributed by atoms with Gasteiger partial charge in [-0.05, 0) is 74.1 Å². The maximum Gasteiger partial charge on any atom is 0.252 e. The standard InChI is InChI=1S/C27H35NO/c1-19-8-17-25(20(2)18-19)27(29)28-26(23-6-4-3-5-7-23)24-15-13-22(14-16-24)12-11-21-9-10-21/h8,13-18,21,23,26H,3-7,9-12H2,1-2H3,(H,28,29)/t26-/m1/s1. The Balaban J connectivity index is 1.51. The molecule has 0 radical (unpaired) electrons. The fraction of sp³-hybridized carbons (Fsp3) is 0.519. The molecule has 29 heavy (non-hydrogen) atoms. The second-order valence-electron chi connectivity index (χ2n) is 9.39. The van der Waals surface area contributed by atoms with E-state index in [0.29, 0.717) is 5.92 Å². The van der Waals surface area contributed by atoms with Gasteiger partial charge < -0.3 is 5.32 Å². The van der Waals surface area contributed by atoms with Gasteiger partial charge in [-0.3, -0.25) is 4.79 Å². The van der Waals surface area contributed by atoms with Crippen LogP contribution in [0.5, 0.6) is 0 Å². The Morgan fingerprint density at radius 2 is 1.69 bits per heavy atom. The van der Waals surface area contributed by atoms with Gasteiger partial charge in [0.25, 0.3) is 5.91 Å². The van der Waals surface area contributed by atoms with Crippen molar-refractivity contribution in [1.82, 2.24) is 5.32 Å². The zero-order valence-corrected chi connectivity index (χ0v) is 18.0. The van der Waals surface area contributed by atoms with Crippen molar-refractivity contribution in [3.8, 4) is 0 Å². The van der Waals surface area contributed by atoms with Crippen LogP contribution in [0.1, 0.15) is 90.0 Å². The number of amides is 1. The minimum Gasteiger partial charge on any atom is -0.345 e. The van der Waals surface area contributed by atoms with Gasteiger partial charge in [0.1, 0.15) is 0 Å². The van der Waals surface area contributed by atoms with Crippen molar-refractivity contribution in [2.24, 2.45) is 11.8 Å². The molecule has 2 heteroatoms. The highest BCUT2D eigenvalue weighted by Crippen LogP contribution is 2.36. The van der Waals surface area contributed by atoms with Gasteiger partial charge in [-0.15, -0.1) is 0 Å². The van der Waals surface area contributed by atoms with Crippen LogP contribution >= 0.6 is 0 Å². The molecule has 2 aliphatic carbocycles. The van der Waals surface area contributed by atoms with Crippen LogP contribution in [0.2, 0.25) is 0 Å². The highest BCUT2D eigenvalue weighted by molar-refractivity contribution is 5.96. The molecule has 0 unspecified atom stereocenters. The fourth-order valence-electron chi connectivity index (χ4n) is 4.90. The normalized spacial score (nSPS) is 18.4. The van der Waals surface area contributed by atoms with E-state index in [0.717, 1.165) is 17.0 Å². The Hall–Kier alpha value is -2.09. The lowest BCUT2D eigenvalue weighted by Gasteiger charge is -2.31. The van der Waals surface area contributed by atoms with E-state index in [4.69, 9.17) is 0 Å². The third-order valence-electron chi connectivity index (χ3n) is 6.91. The molecule has 2 aromatic rings. The third kappa shape index (κ3) is 5.29. The average molecular weight is 390 g/mol. The molecule has 0 aliphatic heterocycles. The van der Waals surface area contributed by atoms with Crippen molar-refractivity contribution in [3.05, 3.63) is 70.3 Å². The van der Waals surface area contributed by atoms with Crippen LogP contribution in [0.25, 0.3) is 0 Å². The predicted molar refractivity (Wildman–Crippen MR) is 120 cm³/mol. The van der Waals surface area contributed by atoms with E-state index >= 15 is 0 Å². The molecule has 2 nitrogen and oxygen atoms in total. The summed E-state index contributed by atoms with van der Waals surface area (Å²) >= 11 is 0. The van der Waals surface area contributed by atoms with E-state index in [1.54, 1.807) is 0 Å². The topological polar surface area (TPSA) is 29.1 Å². The molecule has 4 rings (SSSR count). The highest BCUT2D eigenvalue weighted by atomic mass is 16.1. The highest BCUT2D eigenvalue weighted by Gasteiger charge is 2.27. The summed E-state index contributed by atoms with van der Waals surface area (Å²) in [5.74, 6) is 1.58. The quantitative estimate of drug-likeness (QED) is 0.561. The number of carbonyl (C=O) groups is 1. The van der Waals surface area contributed by atoms with Crippen LogP contribution in [0.15, 0.2) is 42.5 Å². The van der Waals surface area contributed by atoms with Gasteiger partial charge >= 0.3 is 0 Å². The summed E-state index contributed by atoms with van der Waals surface area (Å²) in [6, 6.07) is 15.3. The number of carbonyl (C=O) groups excluding carboxylic acids is 1. The second kappa shape index (κ2) is 9.15. The lowest BCUT2D eigenvalue weighted by Crippen LogP contribution is -2.34. The summed E-state index contributed by atoms with van der Waals surface area (Å²) in [4.78, 5) is 13.1. The Kier molecular flexibility index (Phi) is 6.37. The summed E-state index contributed by atoms with van der Waals surface area (Å²) in [6.07, 6.45) is 11.7. The first-order chi connectivity index (χ1) is 14.1. The van der Waals surface area contributed by atoms with Crippen molar-refractivity contribution < 1.29 is 4.79 Å². The molecule has 1 amide bonds. The van der Waals surface area contributed by atoms with Gasteiger partial charge in [-0.1, -0.05) is 74.1 Å². The van der Waals surface area contributed by atoms with E-state index in [1.807, 2.05) is 19.1 Å². The van der Waals surface area contributed by atoms with Crippen LogP contribution in [0, 0.1) is 25.7 Å². The van der Waals surface area contributed by atoms with E-state index in [2.05, 4.69) is 42.6 Å². The molecule has 2 saturated carbocycles. The second-order valence-corrected chi connectivity index (χ2v) is 9.39. The summed E-state index contributed by atoms with van der Waals surface area (Å²) in [5, 5.41) is 3.42. The van der Waals surface area contributed by atoms with Gasteiger partial charge in [0.15, 0.2) is 0 Å². The molecule has 2 fully saturated rings. The molecule has 2 aromatic carbocycles. The Labute approximate surface area is 176 Å². The molecule has 1 atom stereocenters. The number of rotatable bonds is 7. The van der Waals surface area contributed by atoms with E-state index in [-0.39, 0.29) is 11.9 Å². The first-order valence-corrected chi connectivity index (χ1v) is 11.6. The summed E-state index contributed by atoms with van der Waals surface area (Å²) < 4.78 is 0. The molecule has 1 N–H and O–H groups in total. The van der Waals surface area contributed by atoms with E-state index < -0.39 is 0 Å². The van der Waals surface area contributed by atoms with Crippen LogP contribution < -0.4 is 5.32 Å².